The second-order valence-corrected chi connectivity index (χ2v) is 6.41. The minimum atomic E-state index is -0.570. The maximum Gasteiger partial charge on any atom is 0.0915 e. The fourth-order valence-corrected chi connectivity index (χ4v) is 3.06. The van der Waals surface area contributed by atoms with Gasteiger partial charge in [0, 0.05) is 18.9 Å². The van der Waals surface area contributed by atoms with Crippen LogP contribution in [0.3, 0.4) is 0 Å². The first-order valence-corrected chi connectivity index (χ1v) is 8.58. The van der Waals surface area contributed by atoms with Crippen molar-refractivity contribution in [3.63, 3.8) is 0 Å². The minimum Gasteiger partial charge on any atom is -0.387 e. The zero-order chi connectivity index (χ0) is 17.6. The Morgan fingerprint density at radius 1 is 0.920 bits per heavy atom. The average Bonchev–Trinajstić information content (AvgIpc) is 2.66. The van der Waals surface area contributed by atoms with Gasteiger partial charge in [-0.05, 0) is 48.2 Å². The average molecular weight is 332 g/mol. The first-order valence-electron chi connectivity index (χ1n) is 8.58. The molecule has 0 saturated carbocycles. The van der Waals surface area contributed by atoms with Crippen LogP contribution < -0.4 is 5.32 Å². The third-order valence-electron chi connectivity index (χ3n) is 4.48. The van der Waals surface area contributed by atoms with Gasteiger partial charge in [0.1, 0.15) is 0 Å². The Morgan fingerprint density at radius 3 is 2.36 bits per heavy atom. The molecule has 0 radical (unpaired) electrons. The minimum absolute atomic E-state index is 0.0394. The van der Waals surface area contributed by atoms with Crippen molar-refractivity contribution >= 4 is 0 Å². The molecule has 3 aromatic rings. The zero-order valence-electron chi connectivity index (χ0n) is 14.7. The summed E-state index contributed by atoms with van der Waals surface area (Å²) in [5.41, 5.74) is 5.78. The number of benzene rings is 2. The lowest BCUT2D eigenvalue weighted by molar-refractivity contribution is 0.171. The van der Waals surface area contributed by atoms with Gasteiger partial charge in [0.05, 0.1) is 12.1 Å². The fraction of sp³-hybridized carbons (Fsp3) is 0.227. The number of pyridine rings is 1. The number of aryl methyl sites for hydroxylation is 2. The number of nitrogens with one attached hydrogen (secondary N) is 1. The lowest BCUT2D eigenvalue weighted by Crippen LogP contribution is -2.28. The van der Waals surface area contributed by atoms with E-state index in [9.17, 15) is 5.11 Å². The Kier molecular flexibility index (Phi) is 5.59. The highest BCUT2D eigenvalue weighted by Crippen LogP contribution is 2.26. The van der Waals surface area contributed by atoms with Gasteiger partial charge >= 0.3 is 0 Å². The number of hydrogen-bond acceptors (Lipinski definition) is 3. The van der Waals surface area contributed by atoms with E-state index in [2.05, 4.69) is 66.6 Å². The van der Waals surface area contributed by atoms with Crippen molar-refractivity contribution in [3.05, 3.63) is 101 Å². The standard InChI is InChI=1S/C22H24N2O/c1-16-8-9-17(2)20(14-16)22(19-6-4-3-5-7-19)24-15-21(25)18-10-12-23-13-11-18/h3-14,21-22,24-25H,15H2,1-2H3. The molecule has 2 unspecified atom stereocenters. The Bertz CT molecular complexity index is 803. The summed E-state index contributed by atoms with van der Waals surface area (Å²) in [7, 11) is 0. The monoisotopic (exact) mass is 332 g/mol. The summed E-state index contributed by atoms with van der Waals surface area (Å²) < 4.78 is 0. The molecule has 1 heterocycles. The maximum atomic E-state index is 10.5. The fourth-order valence-electron chi connectivity index (χ4n) is 3.06. The lowest BCUT2D eigenvalue weighted by atomic mass is 9.93. The second-order valence-electron chi connectivity index (χ2n) is 6.41. The number of nitrogens with zero attached hydrogens (tertiary/aromatic N) is 1. The van der Waals surface area contributed by atoms with E-state index in [0.717, 1.165) is 5.56 Å². The SMILES string of the molecule is Cc1ccc(C)c(C(NCC(O)c2ccncc2)c2ccccc2)c1. The number of aliphatic hydroxyl groups excluding tert-OH is 1. The van der Waals surface area contributed by atoms with E-state index in [0.29, 0.717) is 6.54 Å². The number of rotatable bonds is 6. The highest BCUT2D eigenvalue weighted by molar-refractivity contribution is 5.39. The van der Waals surface area contributed by atoms with E-state index in [4.69, 9.17) is 0 Å². The van der Waals surface area contributed by atoms with E-state index < -0.39 is 6.10 Å². The molecule has 0 aliphatic carbocycles. The van der Waals surface area contributed by atoms with Crippen LogP contribution in [0.2, 0.25) is 0 Å². The Labute approximate surface area is 149 Å². The van der Waals surface area contributed by atoms with Crippen LogP contribution in [-0.4, -0.2) is 16.6 Å². The van der Waals surface area contributed by atoms with Gasteiger partial charge in [-0.1, -0.05) is 54.1 Å². The smallest absolute Gasteiger partial charge is 0.0915 e. The van der Waals surface area contributed by atoms with Crippen LogP contribution in [0.1, 0.15) is 40.0 Å². The van der Waals surface area contributed by atoms with Gasteiger partial charge in [-0.15, -0.1) is 0 Å². The molecule has 0 spiro atoms. The third-order valence-corrected chi connectivity index (χ3v) is 4.48. The first-order chi connectivity index (χ1) is 12.1. The molecule has 1 aromatic heterocycles. The number of aromatic nitrogens is 1. The molecule has 25 heavy (non-hydrogen) atoms. The Morgan fingerprint density at radius 2 is 1.64 bits per heavy atom. The predicted molar refractivity (Wildman–Crippen MR) is 101 cm³/mol. The molecule has 3 nitrogen and oxygen atoms in total. The molecule has 3 rings (SSSR count). The van der Waals surface area contributed by atoms with Gasteiger partial charge < -0.3 is 10.4 Å². The summed E-state index contributed by atoms with van der Waals surface area (Å²) in [4.78, 5) is 4.01. The van der Waals surface area contributed by atoms with Crippen LogP contribution >= 0.6 is 0 Å². The van der Waals surface area contributed by atoms with Gasteiger partial charge in [-0.25, -0.2) is 0 Å². The zero-order valence-corrected chi connectivity index (χ0v) is 14.7. The summed E-state index contributed by atoms with van der Waals surface area (Å²) in [6.07, 6.45) is 2.84. The van der Waals surface area contributed by atoms with Gasteiger partial charge in [-0.2, -0.15) is 0 Å². The van der Waals surface area contributed by atoms with Crippen molar-refractivity contribution in [1.82, 2.24) is 10.3 Å². The Balaban J connectivity index is 1.86. The molecule has 0 aliphatic rings. The predicted octanol–water partition coefficient (Wildman–Crippen LogP) is 4.11. The molecule has 0 fully saturated rings. The molecule has 3 heteroatoms. The van der Waals surface area contributed by atoms with Crippen LogP contribution in [0.5, 0.6) is 0 Å². The topological polar surface area (TPSA) is 45.1 Å². The quantitative estimate of drug-likeness (QED) is 0.714. The molecule has 2 N–H and O–H groups in total. The largest absolute Gasteiger partial charge is 0.387 e. The molecular formula is C22H24N2O. The summed E-state index contributed by atoms with van der Waals surface area (Å²) in [6, 6.07) is 20.6. The van der Waals surface area contributed by atoms with Crippen LogP contribution in [0, 0.1) is 13.8 Å². The van der Waals surface area contributed by atoms with Crippen molar-refractivity contribution in [2.75, 3.05) is 6.54 Å². The third kappa shape index (κ3) is 4.32. The van der Waals surface area contributed by atoms with Crippen molar-refractivity contribution in [1.29, 1.82) is 0 Å². The van der Waals surface area contributed by atoms with Crippen LogP contribution in [0.15, 0.2) is 73.1 Å². The highest BCUT2D eigenvalue weighted by atomic mass is 16.3. The van der Waals surface area contributed by atoms with E-state index >= 15 is 0 Å². The van der Waals surface area contributed by atoms with Gasteiger partial charge in [-0.3, -0.25) is 4.98 Å². The normalized spacial score (nSPS) is 13.4. The van der Waals surface area contributed by atoms with Crippen LogP contribution in [0.4, 0.5) is 0 Å². The van der Waals surface area contributed by atoms with Gasteiger partial charge in [0.2, 0.25) is 0 Å². The lowest BCUT2D eigenvalue weighted by Gasteiger charge is -2.24. The van der Waals surface area contributed by atoms with Crippen molar-refractivity contribution in [3.8, 4) is 0 Å². The van der Waals surface area contributed by atoms with Gasteiger partial charge in [0.15, 0.2) is 0 Å². The van der Waals surface area contributed by atoms with Crippen molar-refractivity contribution in [2.45, 2.75) is 26.0 Å². The van der Waals surface area contributed by atoms with Crippen molar-refractivity contribution < 1.29 is 5.11 Å². The van der Waals surface area contributed by atoms with Crippen LogP contribution in [-0.2, 0) is 0 Å². The molecule has 128 valence electrons. The van der Waals surface area contributed by atoms with Crippen LogP contribution in [0.25, 0.3) is 0 Å². The molecule has 0 amide bonds. The van der Waals surface area contributed by atoms with Crippen molar-refractivity contribution in [2.24, 2.45) is 0 Å². The van der Waals surface area contributed by atoms with E-state index in [1.807, 2.05) is 18.2 Å². The van der Waals surface area contributed by atoms with Gasteiger partial charge in [0.25, 0.3) is 0 Å². The highest BCUT2D eigenvalue weighted by Gasteiger charge is 2.18. The van der Waals surface area contributed by atoms with E-state index in [-0.39, 0.29) is 6.04 Å². The summed E-state index contributed by atoms with van der Waals surface area (Å²) >= 11 is 0. The first kappa shape index (κ1) is 17.3. The summed E-state index contributed by atoms with van der Waals surface area (Å²) in [6.45, 7) is 4.71. The summed E-state index contributed by atoms with van der Waals surface area (Å²) in [5.74, 6) is 0. The molecule has 2 atom stereocenters. The second kappa shape index (κ2) is 8.06. The van der Waals surface area contributed by atoms with E-state index in [1.165, 1.54) is 22.3 Å². The summed E-state index contributed by atoms with van der Waals surface area (Å²) in [5, 5.41) is 14.0. The molecule has 0 bridgehead atoms. The van der Waals surface area contributed by atoms with E-state index in [1.54, 1.807) is 12.4 Å². The maximum absolute atomic E-state index is 10.5. The Hall–Kier alpha value is -2.49. The molecule has 0 saturated heterocycles. The molecule has 2 aromatic carbocycles. The molecule has 0 aliphatic heterocycles. The number of aliphatic hydroxyl groups is 1. The molecular weight excluding hydrogens is 308 g/mol. The number of hydrogen-bond donors (Lipinski definition) is 2.